The third-order valence-corrected chi connectivity index (χ3v) is 3.71. The predicted octanol–water partition coefficient (Wildman–Crippen LogP) is 3.59. The summed E-state index contributed by atoms with van der Waals surface area (Å²) in [5.74, 6) is -0.922. The number of aromatic carboxylic acids is 1. The maximum absolute atomic E-state index is 10.8. The summed E-state index contributed by atoms with van der Waals surface area (Å²) in [4.78, 5) is 15.7. The molecule has 1 aromatic carbocycles. The van der Waals surface area contributed by atoms with Crippen molar-refractivity contribution in [2.75, 3.05) is 0 Å². The van der Waals surface area contributed by atoms with Crippen molar-refractivity contribution < 1.29 is 9.90 Å². The molecule has 0 fully saturated rings. The summed E-state index contributed by atoms with van der Waals surface area (Å²) in [6.45, 7) is 0. The van der Waals surface area contributed by atoms with Crippen LogP contribution in [0.15, 0.2) is 42.5 Å². The van der Waals surface area contributed by atoms with Crippen molar-refractivity contribution in [1.82, 2.24) is 4.98 Å². The second-order valence-corrected chi connectivity index (χ2v) is 4.80. The molecule has 0 aliphatic heterocycles. The Kier molecular flexibility index (Phi) is 2.23. The molecule has 0 saturated heterocycles. The van der Waals surface area contributed by atoms with Crippen LogP contribution < -0.4 is 0 Å². The van der Waals surface area contributed by atoms with Crippen LogP contribution in [0.1, 0.15) is 10.5 Å². The molecule has 2 aromatic heterocycles. The molecular weight excluding hydrogens is 234 g/mol. The molecule has 2 heterocycles. The van der Waals surface area contributed by atoms with Gasteiger partial charge in [0.05, 0.1) is 0 Å². The minimum atomic E-state index is -0.922. The molecule has 0 bridgehead atoms. The molecule has 0 saturated carbocycles. The highest BCUT2D eigenvalue weighted by Crippen LogP contribution is 2.33. The molecule has 4 heteroatoms. The van der Waals surface area contributed by atoms with Crippen LogP contribution in [0.2, 0.25) is 0 Å². The second-order valence-electron chi connectivity index (χ2n) is 3.75. The van der Waals surface area contributed by atoms with Gasteiger partial charge in [-0.15, -0.1) is 11.3 Å². The molecule has 2 N–H and O–H groups in total. The Labute approximate surface area is 101 Å². The fourth-order valence-corrected chi connectivity index (χ4v) is 2.84. The van der Waals surface area contributed by atoms with E-state index in [4.69, 9.17) is 5.11 Å². The first-order valence-corrected chi connectivity index (χ1v) is 5.97. The average molecular weight is 243 g/mol. The van der Waals surface area contributed by atoms with Crippen molar-refractivity contribution in [2.24, 2.45) is 0 Å². The number of carboxylic acid groups (broad SMARTS) is 1. The maximum Gasteiger partial charge on any atom is 0.352 e. The van der Waals surface area contributed by atoms with Crippen molar-refractivity contribution >= 4 is 27.5 Å². The van der Waals surface area contributed by atoms with Crippen molar-refractivity contribution in [3.05, 3.63) is 48.2 Å². The van der Waals surface area contributed by atoms with E-state index in [1.54, 1.807) is 17.4 Å². The van der Waals surface area contributed by atoms with Crippen LogP contribution in [0.5, 0.6) is 0 Å². The van der Waals surface area contributed by atoms with E-state index in [1.807, 2.05) is 36.4 Å². The van der Waals surface area contributed by atoms with Gasteiger partial charge in [-0.3, -0.25) is 0 Å². The molecule has 0 radical (unpaired) electrons. The van der Waals surface area contributed by atoms with E-state index in [0.29, 0.717) is 0 Å². The number of nitrogens with one attached hydrogen (secondary N) is 1. The Morgan fingerprint density at radius 2 is 1.94 bits per heavy atom. The van der Waals surface area contributed by atoms with Gasteiger partial charge in [-0.05, 0) is 17.7 Å². The number of thiophene rings is 1. The summed E-state index contributed by atoms with van der Waals surface area (Å²) in [7, 11) is 0. The van der Waals surface area contributed by atoms with Crippen molar-refractivity contribution in [2.45, 2.75) is 0 Å². The van der Waals surface area contributed by atoms with Gasteiger partial charge in [0.25, 0.3) is 0 Å². The smallest absolute Gasteiger partial charge is 0.352 e. The maximum atomic E-state index is 10.8. The first-order chi connectivity index (χ1) is 8.24. The summed E-state index contributed by atoms with van der Waals surface area (Å²) in [6.07, 6.45) is 0. The van der Waals surface area contributed by atoms with Gasteiger partial charge in [-0.25, -0.2) is 4.79 Å². The minimum absolute atomic E-state index is 0.242. The van der Waals surface area contributed by atoms with Gasteiger partial charge in [-0.1, -0.05) is 30.3 Å². The summed E-state index contributed by atoms with van der Waals surface area (Å²) in [5.41, 5.74) is 1.39. The number of carbonyl (C=O) groups is 1. The van der Waals surface area contributed by atoms with Gasteiger partial charge < -0.3 is 10.1 Å². The molecule has 0 aliphatic rings. The summed E-state index contributed by atoms with van der Waals surface area (Å²) < 4.78 is 0. The molecule has 0 atom stereocenters. The molecule has 0 spiro atoms. The number of aromatic amines is 1. The fraction of sp³-hybridized carbons (Fsp3) is 0. The van der Waals surface area contributed by atoms with Gasteiger partial charge in [0.15, 0.2) is 0 Å². The topological polar surface area (TPSA) is 53.1 Å². The average Bonchev–Trinajstić information content (AvgIpc) is 2.87. The van der Waals surface area contributed by atoms with Gasteiger partial charge >= 0.3 is 5.97 Å². The van der Waals surface area contributed by atoms with Crippen molar-refractivity contribution in [1.29, 1.82) is 0 Å². The highest BCUT2D eigenvalue weighted by atomic mass is 32.1. The van der Waals surface area contributed by atoms with Crippen LogP contribution >= 0.6 is 11.3 Å². The van der Waals surface area contributed by atoms with E-state index in [0.717, 1.165) is 20.7 Å². The second kappa shape index (κ2) is 3.75. The molecule has 0 unspecified atom stereocenters. The van der Waals surface area contributed by atoms with Crippen LogP contribution in [0, 0.1) is 0 Å². The Balaban J connectivity index is 2.10. The lowest BCUT2D eigenvalue weighted by Crippen LogP contribution is -1.94. The number of fused-ring (bicyclic) bond motifs is 1. The zero-order chi connectivity index (χ0) is 11.8. The van der Waals surface area contributed by atoms with Crippen LogP contribution in [0.4, 0.5) is 0 Å². The molecular formula is C13H9NO2S. The Hall–Kier alpha value is -2.07. The van der Waals surface area contributed by atoms with Crippen LogP contribution in [-0.2, 0) is 0 Å². The molecule has 0 aliphatic carbocycles. The SMILES string of the molecule is O=C(O)c1cc2cc(-c3ccccc3)sc2[nH]1. The number of benzene rings is 1. The van der Waals surface area contributed by atoms with E-state index in [1.165, 1.54) is 0 Å². The highest BCUT2D eigenvalue weighted by Gasteiger charge is 2.10. The first-order valence-electron chi connectivity index (χ1n) is 5.15. The fourth-order valence-electron chi connectivity index (χ4n) is 1.78. The normalized spacial score (nSPS) is 10.8. The summed E-state index contributed by atoms with van der Waals surface area (Å²) in [5, 5.41) is 9.81. The Morgan fingerprint density at radius 3 is 2.59 bits per heavy atom. The first kappa shape index (κ1) is 10.1. The lowest BCUT2D eigenvalue weighted by molar-refractivity contribution is 0.0691. The van der Waals surface area contributed by atoms with E-state index < -0.39 is 5.97 Å². The molecule has 3 aromatic rings. The number of aromatic nitrogens is 1. The number of hydrogen-bond donors (Lipinski definition) is 2. The predicted molar refractivity (Wildman–Crippen MR) is 68.6 cm³/mol. The third-order valence-electron chi connectivity index (χ3n) is 2.60. The lowest BCUT2D eigenvalue weighted by Gasteiger charge is -1.94. The largest absolute Gasteiger partial charge is 0.477 e. The molecule has 3 rings (SSSR count). The Morgan fingerprint density at radius 1 is 1.18 bits per heavy atom. The third kappa shape index (κ3) is 1.72. The van der Waals surface area contributed by atoms with Gasteiger partial charge in [-0.2, -0.15) is 0 Å². The molecule has 0 amide bonds. The zero-order valence-electron chi connectivity index (χ0n) is 8.81. The van der Waals surface area contributed by atoms with E-state index >= 15 is 0 Å². The summed E-state index contributed by atoms with van der Waals surface area (Å²) in [6, 6.07) is 13.7. The number of hydrogen-bond acceptors (Lipinski definition) is 2. The van der Waals surface area contributed by atoms with Gasteiger partial charge in [0, 0.05) is 10.3 Å². The number of H-pyrrole nitrogens is 1. The minimum Gasteiger partial charge on any atom is -0.477 e. The van der Waals surface area contributed by atoms with Crippen LogP contribution in [-0.4, -0.2) is 16.1 Å². The van der Waals surface area contributed by atoms with E-state index in [2.05, 4.69) is 4.98 Å². The highest BCUT2D eigenvalue weighted by molar-refractivity contribution is 7.21. The van der Waals surface area contributed by atoms with Crippen LogP contribution in [0.25, 0.3) is 20.7 Å². The molecule has 3 nitrogen and oxygen atoms in total. The van der Waals surface area contributed by atoms with Gasteiger partial charge in [0.1, 0.15) is 10.5 Å². The summed E-state index contributed by atoms with van der Waals surface area (Å²) >= 11 is 1.57. The van der Waals surface area contributed by atoms with Crippen molar-refractivity contribution in [3.8, 4) is 10.4 Å². The van der Waals surface area contributed by atoms with Crippen LogP contribution in [0.3, 0.4) is 0 Å². The number of rotatable bonds is 2. The monoisotopic (exact) mass is 243 g/mol. The van der Waals surface area contributed by atoms with E-state index in [9.17, 15) is 4.79 Å². The van der Waals surface area contributed by atoms with Crippen molar-refractivity contribution in [3.63, 3.8) is 0 Å². The van der Waals surface area contributed by atoms with E-state index in [-0.39, 0.29) is 5.69 Å². The quantitative estimate of drug-likeness (QED) is 0.722. The number of carboxylic acids is 1. The lowest BCUT2D eigenvalue weighted by atomic mass is 10.2. The molecule has 17 heavy (non-hydrogen) atoms. The molecule has 84 valence electrons. The van der Waals surface area contributed by atoms with Gasteiger partial charge in [0.2, 0.25) is 0 Å². The standard InChI is InChI=1S/C13H9NO2S/c15-13(16)10-6-9-7-11(17-12(9)14-10)8-4-2-1-3-5-8/h1-7,14H,(H,15,16). The zero-order valence-corrected chi connectivity index (χ0v) is 9.62. The Bertz CT molecular complexity index is 650.